The van der Waals surface area contributed by atoms with Gasteiger partial charge in [-0.05, 0) is 25.6 Å². The highest BCUT2D eigenvalue weighted by molar-refractivity contribution is 5.49. The minimum absolute atomic E-state index is 0.549. The van der Waals surface area contributed by atoms with E-state index >= 15 is 0 Å². The monoisotopic (exact) mass is 162 g/mol. The second-order valence-corrected chi connectivity index (χ2v) is 3.12. The fourth-order valence-corrected chi connectivity index (χ4v) is 1.62. The zero-order chi connectivity index (χ0) is 8.39. The van der Waals surface area contributed by atoms with Gasteiger partial charge >= 0.3 is 0 Å². The smallest absolute Gasteiger partial charge is 0.0810 e. The number of rotatable bonds is 2. The number of para-hydroxylation sites is 1. The maximum Gasteiger partial charge on any atom is 0.0810 e. The summed E-state index contributed by atoms with van der Waals surface area (Å²) in [6.07, 6.45) is 1.80. The summed E-state index contributed by atoms with van der Waals surface area (Å²) in [7, 11) is 2.01. The first-order valence-corrected chi connectivity index (χ1v) is 4.41. The van der Waals surface area contributed by atoms with Crippen LogP contribution in [0.5, 0.6) is 0 Å². The standard InChI is InChI=1S/C10H14N2/c1-11-10-7-8-12(10)9-5-3-2-4-6-9/h2-6,10-11H,7-8H2,1H3. The molecule has 1 atom stereocenters. The van der Waals surface area contributed by atoms with Crippen molar-refractivity contribution in [2.75, 3.05) is 18.5 Å². The summed E-state index contributed by atoms with van der Waals surface area (Å²) in [6, 6.07) is 10.5. The van der Waals surface area contributed by atoms with E-state index in [0.29, 0.717) is 6.17 Å². The molecule has 2 heteroatoms. The Bertz CT molecular complexity index is 243. The van der Waals surface area contributed by atoms with Crippen LogP contribution in [0.1, 0.15) is 6.42 Å². The third-order valence-corrected chi connectivity index (χ3v) is 2.44. The van der Waals surface area contributed by atoms with Gasteiger partial charge in [-0.25, -0.2) is 0 Å². The van der Waals surface area contributed by atoms with Crippen molar-refractivity contribution in [3.05, 3.63) is 30.3 Å². The van der Waals surface area contributed by atoms with Crippen LogP contribution in [0.15, 0.2) is 30.3 Å². The largest absolute Gasteiger partial charge is 0.356 e. The van der Waals surface area contributed by atoms with Crippen LogP contribution in [0.3, 0.4) is 0 Å². The van der Waals surface area contributed by atoms with E-state index in [1.54, 1.807) is 0 Å². The summed E-state index contributed by atoms with van der Waals surface area (Å²) in [4.78, 5) is 2.38. The Labute approximate surface area is 73.2 Å². The van der Waals surface area contributed by atoms with Gasteiger partial charge in [0.15, 0.2) is 0 Å². The quantitative estimate of drug-likeness (QED) is 0.708. The molecule has 0 saturated carbocycles. The molecule has 1 aromatic carbocycles. The van der Waals surface area contributed by atoms with E-state index in [2.05, 4.69) is 40.5 Å². The van der Waals surface area contributed by atoms with Crippen molar-refractivity contribution in [1.82, 2.24) is 5.32 Å². The molecule has 1 heterocycles. The maximum atomic E-state index is 3.28. The van der Waals surface area contributed by atoms with Crippen molar-refractivity contribution in [1.29, 1.82) is 0 Å². The number of benzene rings is 1. The normalized spacial score (nSPS) is 22.1. The lowest BCUT2D eigenvalue weighted by Crippen LogP contribution is -2.55. The molecule has 12 heavy (non-hydrogen) atoms. The van der Waals surface area contributed by atoms with E-state index in [1.807, 2.05) is 7.05 Å². The van der Waals surface area contributed by atoms with Gasteiger partial charge in [-0.2, -0.15) is 0 Å². The van der Waals surface area contributed by atoms with Gasteiger partial charge in [0.25, 0.3) is 0 Å². The molecule has 0 aliphatic carbocycles. The summed E-state index contributed by atoms with van der Waals surface area (Å²) in [6.45, 7) is 1.18. The molecule has 1 fully saturated rings. The van der Waals surface area contributed by atoms with Crippen LogP contribution in [-0.2, 0) is 0 Å². The van der Waals surface area contributed by atoms with Crippen LogP contribution in [0.2, 0.25) is 0 Å². The number of hydrogen-bond donors (Lipinski definition) is 1. The van der Waals surface area contributed by atoms with Crippen molar-refractivity contribution in [3.63, 3.8) is 0 Å². The van der Waals surface area contributed by atoms with Crippen LogP contribution in [0, 0.1) is 0 Å². The van der Waals surface area contributed by atoms with Crippen molar-refractivity contribution < 1.29 is 0 Å². The van der Waals surface area contributed by atoms with Gasteiger partial charge in [0.2, 0.25) is 0 Å². The molecule has 1 aliphatic heterocycles. The molecular formula is C10H14N2. The summed E-state index contributed by atoms with van der Waals surface area (Å²) < 4.78 is 0. The number of nitrogens with zero attached hydrogens (tertiary/aromatic N) is 1. The molecule has 0 amide bonds. The predicted octanol–water partition coefficient (Wildman–Crippen LogP) is 1.44. The Morgan fingerprint density at radius 1 is 1.33 bits per heavy atom. The SMILES string of the molecule is CNC1CCN1c1ccccc1. The molecule has 0 aromatic heterocycles. The molecule has 0 spiro atoms. The highest BCUT2D eigenvalue weighted by Gasteiger charge is 2.25. The van der Waals surface area contributed by atoms with Crippen LogP contribution in [-0.4, -0.2) is 19.8 Å². The first-order valence-electron chi connectivity index (χ1n) is 4.41. The molecule has 64 valence electrons. The van der Waals surface area contributed by atoms with Crippen molar-refractivity contribution >= 4 is 5.69 Å². The van der Waals surface area contributed by atoms with Gasteiger partial charge in [0.1, 0.15) is 0 Å². The first kappa shape index (κ1) is 7.62. The third-order valence-electron chi connectivity index (χ3n) is 2.44. The van der Waals surface area contributed by atoms with Gasteiger partial charge in [0.05, 0.1) is 6.17 Å². The van der Waals surface area contributed by atoms with Gasteiger partial charge in [0, 0.05) is 12.2 Å². The van der Waals surface area contributed by atoms with Crippen molar-refractivity contribution in [2.45, 2.75) is 12.6 Å². The summed E-state index contributed by atoms with van der Waals surface area (Å²) >= 11 is 0. The van der Waals surface area contributed by atoms with E-state index in [0.717, 1.165) is 0 Å². The van der Waals surface area contributed by atoms with E-state index in [9.17, 15) is 0 Å². The molecule has 2 nitrogen and oxygen atoms in total. The number of hydrogen-bond acceptors (Lipinski definition) is 2. The summed E-state index contributed by atoms with van der Waals surface area (Å²) in [5.74, 6) is 0. The Hall–Kier alpha value is -1.02. The average Bonchev–Trinajstić information content (AvgIpc) is 2.05. The van der Waals surface area contributed by atoms with Gasteiger partial charge in [-0.1, -0.05) is 18.2 Å². The summed E-state index contributed by atoms with van der Waals surface area (Å²) in [5.41, 5.74) is 1.32. The van der Waals surface area contributed by atoms with Gasteiger partial charge < -0.3 is 10.2 Å². The lowest BCUT2D eigenvalue weighted by Gasteiger charge is -2.42. The lowest BCUT2D eigenvalue weighted by molar-refractivity contribution is 0.399. The van der Waals surface area contributed by atoms with E-state index in [1.165, 1.54) is 18.7 Å². The second kappa shape index (κ2) is 3.15. The topological polar surface area (TPSA) is 15.3 Å². The van der Waals surface area contributed by atoms with E-state index in [4.69, 9.17) is 0 Å². The zero-order valence-electron chi connectivity index (χ0n) is 7.33. The second-order valence-electron chi connectivity index (χ2n) is 3.12. The van der Waals surface area contributed by atoms with Crippen LogP contribution < -0.4 is 10.2 Å². The van der Waals surface area contributed by atoms with Gasteiger partial charge in [-0.15, -0.1) is 0 Å². The fraction of sp³-hybridized carbons (Fsp3) is 0.400. The average molecular weight is 162 g/mol. The molecule has 1 saturated heterocycles. The molecule has 2 rings (SSSR count). The molecule has 1 aliphatic rings. The Kier molecular flexibility index (Phi) is 2.00. The Morgan fingerprint density at radius 2 is 2.08 bits per heavy atom. The molecular weight excluding hydrogens is 148 g/mol. The van der Waals surface area contributed by atoms with Crippen LogP contribution in [0.25, 0.3) is 0 Å². The number of anilines is 1. The Balaban J connectivity index is 2.11. The minimum Gasteiger partial charge on any atom is -0.356 e. The van der Waals surface area contributed by atoms with E-state index in [-0.39, 0.29) is 0 Å². The molecule has 1 N–H and O–H groups in total. The van der Waals surface area contributed by atoms with Crippen molar-refractivity contribution in [2.24, 2.45) is 0 Å². The molecule has 1 aromatic rings. The predicted molar refractivity (Wildman–Crippen MR) is 51.3 cm³/mol. The van der Waals surface area contributed by atoms with Crippen molar-refractivity contribution in [3.8, 4) is 0 Å². The third kappa shape index (κ3) is 1.18. The molecule has 0 bridgehead atoms. The first-order chi connectivity index (χ1) is 5.92. The number of nitrogens with one attached hydrogen (secondary N) is 1. The molecule has 1 unspecified atom stereocenters. The summed E-state index contributed by atoms with van der Waals surface area (Å²) in [5, 5.41) is 3.28. The van der Waals surface area contributed by atoms with Crippen LogP contribution in [0.4, 0.5) is 5.69 Å². The molecule has 0 radical (unpaired) electrons. The zero-order valence-corrected chi connectivity index (χ0v) is 7.33. The van der Waals surface area contributed by atoms with E-state index < -0.39 is 0 Å². The lowest BCUT2D eigenvalue weighted by atomic mass is 10.1. The maximum absolute atomic E-state index is 3.28. The van der Waals surface area contributed by atoms with Gasteiger partial charge in [-0.3, -0.25) is 0 Å². The highest BCUT2D eigenvalue weighted by atomic mass is 15.3. The minimum atomic E-state index is 0.549. The van der Waals surface area contributed by atoms with Crippen LogP contribution >= 0.6 is 0 Å². The highest BCUT2D eigenvalue weighted by Crippen LogP contribution is 2.23. The Morgan fingerprint density at radius 3 is 2.58 bits per heavy atom. The fourth-order valence-electron chi connectivity index (χ4n) is 1.62.